The minimum atomic E-state index is -0.0142. The van der Waals surface area contributed by atoms with Gasteiger partial charge in [0.25, 0.3) is 0 Å². The summed E-state index contributed by atoms with van der Waals surface area (Å²) in [6, 6.07) is 0.0951. The number of aromatic nitrogens is 3. The summed E-state index contributed by atoms with van der Waals surface area (Å²) in [5.74, 6) is 1.64. The molecule has 1 atom stereocenters. The van der Waals surface area contributed by atoms with Crippen molar-refractivity contribution >= 4 is 11.8 Å². The van der Waals surface area contributed by atoms with E-state index in [0.717, 1.165) is 30.9 Å². The molecule has 1 aromatic rings. The van der Waals surface area contributed by atoms with E-state index in [4.69, 9.17) is 4.74 Å². The quantitative estimate of drug-likeness (QED) is 0.810. The topological polar surface area (TPSA) is 80.6 Å². The zero-order valence-corrected chi connectivity index (χ0v) is 14.4. The van der Waals surface area contributed by atoms with Crippen molar-refractivity contribution in [2.24, 2.45) is 0 Å². The maximum absolute atomic E-state index is 12.7. The van der Waals surface area contributed by atoms with Crippen molar-refractivity contribution in [3.8, 4) is 0 Å². The SMILES string of the molecule is COCc1nnc2n1[C@@H](C)CN(C(=O)CN1CCCCCC1=O)C2. The van der Waals surface area contributed by atoms with Gasteiger partial charge in [0.1, 0.15) is 6.61 Å². The highest BCUT2D eigenvalue weighted by atomic mass is 16.5. The van der Waals surface area contributed by atoms with Gasteiger partial charge in [-0.3, -0.25) is 9.59 Å². The number of methoxy groups -OCH3 is 1. The van der Waals surface area contributed by atoms with E-state index in [9.17, 15) is 9.59 Å². The summed E-state index contributed by atoms with van der Waals surface area (Å²) in [5.41, 5.74) is 0. The van der Waals surface area contributed by atoms with Gasteiger partial charge in [0.15, 0.2) is 11.6 Å². The number of carbonyl (C=O) groups is 2. The Bertz CT molecular complexity index is 615. The molecule has 2 aliphatic heterocycles. The molecule has 0 aliphatic carbocycles. The van der Waals surface area contributed by atoms with E-state index >= 15 is 0 Å². The average Bonchev–Trinajstić information content (AvgIpc) is 2.86. The Balaban J connectivity index is 1.67. The van der Waals surface area contributed by atoms with Crippen LogP contribution in [0.2, 0.25) is 0 Å². The second-order valence-corrected chi connectivity index (χ2v) is 6.58. The number of rotatable bonds is 4. The molecule has 24 heavy (non-hydrogen) atoms. The lowest BCUT2D eigenvalue weighted by Crippen LogP contribution is -2.46. The number of hydrogen-bond donors (Lipinski definition) is 0. The van der Waals surface area contributed by atoms with Gasteiger partial charge in [0.2, 0.25) is 11.8 Å². The smallest absolute Gasteiger partial charge is 0.242 e. The van der Waals surface area contributed by atoms with Gasteiger partial charge in [-0.25, -0.2) is 0 Å². The second kappa shape index (κ2) is 7.29. The first kappa shape index (κ1) is 16.9. The highest BCUT2D eigenvalue weighted by Gasteiger charge is 2.30. The fourth-order valence-corrected chi connectivity index (χ4v) is 3.50. The lowest BCUT2D eigenvalue weighted by Gasteiger charge is -2.34. The normalized spacial score (nSPS) is 21.6. The zero-order valence-electron chi connectivity index (χ0n) is 14.4. The molecule has 1 fully saturated rings. The number of likely N-dealkylation sites (tertiary alicyclic amines) is 1. The van der Waals surface area contributed by atoms with Crippen LogP contribution >= 0.6 is 0 Å². The molecule has 0 N–H and O–H groups in total. The Morgan fingerprint density at radius 1 is 1.29 bits per heavy atom. The summed E-state index contributed by atoms with van der Waals surface area (Å²) >= 11 is 0. The van der Waals surface area contributed by atoms with Gasteiger partial charge in [-0.05, 0) is 19.8 Å². The Labute approximate surface area is 141 Å². The van der Waals surface area contributed by atoms with Crippen molar-refractivity contribution < 1.29 is 14.3 Å². The van der Waals surface area contributed by atoms with Crippen molar-refractivity contribution in [1.82, 2.24) is 24.6 Å². The summed E-state index contributed by atoms with van der Waals surface area (Å²) in [4.78, 5) is 28.2. The first-order valence-electron chi connectivity index (χ1n) is 8.57. The number of ether oxygens (including phenoxy) is 1. The number of hydrogen-bond acceptors (Lipinski definition) is 5. The summed E-state index contributed by atoms with van der Waals surface area (Å²) in [5, 5.41) is 8.35. The van der Waals surface area contributed by atoms with Gasteiger partial charge in [-0.2, -0.15) is 0 Å². The standard InChI is InChI=1S/C16H25N5O3/c1-12-8-20(9-13-17-18-14(11-24-2)21(12)13)16(23)10-19-7-5-3-4-6-15(19)22/h12H,3-11H2,1-2H3/t12-/m0/s1. The molecule has 2 amide bonds. The lowest BCUT2D eigenvalue weighted by atomic mass is 10.2. The molecule has 3 heterocycles. The van der Waals surface area contributed by atoms with Gasteiger partial charge in [-0.15, -0.1) is 10.2 Å². The first-order chi connectivity index (χ1) is 11.6. The van der Waals surface area contributed by atoms with E-state index in [0.29, 0.717) is 32.7 Å². The van der Waals surface area contributed by atoms with E-state index in [1.54, 1.807) is 16.9 Å². The van der Waals surface area contributed by atoms with Crippen LogP contribution in [0.1, 0.15) is 50.3 Å². The van der Waals surface area contributed by atoms with Gasteiger partial charge in [0.05, 0.1) is 19.1 Å². The van der Waals surface area contributed by atoms with E-state index in [2.05, 4.69) is 10.2 Å². The molecular weight excluding hydrogens is 310 g/mol. The number of amides is 2. The Hall–Kier alpha value is -1.96. The molecule has 1 saturated heterocycles. The van der Waals surface area contributed by atoms with Crippen LogP contribution in [0.25, 0.3) is 0 Å². The molecule has 0 aromatic carbocycles. The van der Waals surface area contributed by atoms with E-state index in [1.807, 2.05) is 11.5 Å². The summed E-state index contributed by atoms with van der Waals surface area (Å²) in [7, 11) is 1.63. The molecule has 0 spiro atoms. The summed E-state index contributed by atoms with van der Waals surface area (Å²) in [6.07, 6.45) is 3.51. The largest absolute Gasteiger partial charge is 0.377 e. The van der Waals surface area contributed by atoms with Crippen LogP contribution in [0.15, 0.2) is 0 Å². The monoisotopic (exact) mass is 335 g/mol. The molecule has 1 aromatic heterocycles. The van der Waals surface area contributed by atoms with Crippen LogP contribution in [0.5, 0.6) is 0 Å². The number of nitrogens with zero attached hydrogens (tertiary/aromatic N) is 5. The summed E-state index contributed by atoms with van der Waals surface area (Å²) < 4.78 is 7.20. The van der Waals surface area contributed by atoms with Crippen LogP contribution < -0.4 is 0 Å². The van der Waals surface area contributed by atoms with E-state index < -0.39 is 0 Å². The van der Waals surface area contributed by atoms with Gasteiger partial charge in [-0.1, -0.05) is 6.42 Å². The zero-order chi connectivity index (χ0) is 17.1. The Kier molecular flexibility index (Phi) is 5.13. The van der Waals surface area contributed by atoms with E-state index in [1.165, 1.54) is 0 Å². The molecule has 3 rings (SSSR count). The Morgan fingerprint density at radius 2 is 2.12 bits per heavy atom. The van der Waals surface area contributed by atoms with Crippen LogP contribution in [0.4, 0.5) is 0 Å². The van der Waals surface area contributed by atoms with Crippen LogP contribution in [-0.2, 0) is 27.5 Å². The Morgan fingerprint density at radius 3 is 2.92 bits per heavy atom. The molecule has 0 bridgehead atoms. The average molecular weight is 335 g/mol. The minimum Gasteiger partial charge on any atom is -0.377 e. The molecule has 8 heteroatoms. The third-order valence-corrected chi connectivity index (χ3v) is 4.72. The van der Waals surface area contributed by atoms with Crippen molar-refractivity contribution in [3.63, 3.8) is 0 Å². The lowest BCUT2D eigenvalue weighted by molar-refractivity contribution is -0.141. The molecule has 0 saturated carbocycles. The fourth-order valence-electron chi connectivity index (χ4n) is 3.50. The van der Waals surface area contributed by atoms with Crippen LogP contribution in [0.3, 0.4) is 0 Å². The molecule has 2 aliphatic rings. The second-order valence-electron chi connectivity index (χ2n) is 6.58. The maximum Gasteiger partial charge on any atom is 0.242 e. The highest BCUT2D eigenvalue weighted by molar-refractivity contribution is 5.85. The molecular formula is C16H25N5O3. The third-order valence-electron chi connectivity index (χ3n) is 4.72. The molecule has 8 nitrogen and oxygen atoms in total. The van der Waals surface area contributed by atoms with Gasteiger partial charge < -0.3 is 19.1 Å². The van der Waals surface area contributed by atoms with E-state index in [-0.39, 0.29) is 24.4 Å². The molecule has 0 radical (unpaired) electrons. The van der Waals surface area contributed by atoms with Gasteiger partial charge >= 0.3 is 0 Å². The van der Waals surface area contributed by atoms with Gasteiger partial charge in [0, 0.05) is 26.6 Å². The number of carbonyl (C=O) groups excluding carboxylic acids is 2. The van der Waals surface area contributed by atoms with Crippen LogP contribution in [-0.4, -0.2) is 63.1 Å². The van der Waals surface area contributed by atoms with Crippen LogP contribution in [0, 0.1) is 0 Å². The molecule has 132 valence electrons. The predicted octanol–water partition coefficient (Wildman–Crippen LogP) is 0.730. The predicted molar refractivity (Wildman–Crippen MR) is 85.9 cm³/mol. The maximum atomic E-state index is 12.7. The highest BCUT2D eigenvalue weighted by Crippen LogP contribution is 2.22. The fraction of sp³-hybridized carbons (Fsp3) is 0.750. The first-order valence-corrected chi connectivity index (χ1v) is 8.57. The number of fused-ring (bicyclic) bond motifs is 1. The summed E-state index contributed by atoms with van der Waals surface area (Å²) in [6.45, 7) is 4.34. The van der Waals surface area contributed by atoms with Crippen molar-refractivity contribution in [2.45, 2.75) is 51.8 Å². The minimum absolute atomic E-state index is 0.0142. The molecule has 0 unspecified atom stereocenters. The van der Waals surface area contributed by atoms with Crippen molar-refractivity contribution in [2.75, 3.05) is 26.7 Å². The van der Waals surface area contributed by atoms with Crippen molar-refractivity contribution in [3.05, 3.63) is 11.6 Å². The van der Waals surface area contributed by atoms with Crippen molar-refractivity contribution in [1.29, 1.82) is 0 Å². The third kappa shape index (κ3) is 3.43.